The zero-order valence-electron chi connectivity index (χ0n) is 10.3. The van der Waals surface area contributed by atoms with E-state index in [1.54, 1.807) is 31.2 Å². The van der Waals surface area contributed by atoms with Crippen LogP contribution in [0, 0.1) is 6.92 Å². The third-order valence-electron chi connectivity index (χ3n) is 2.08. The Bertz CT molecular complexity index is 417. The van der Waals surface area contributed by atoms with Crippen molar-refractivity contribution in [2.75, 3.05) is 13.2 Å². The van der Waals surface area contributed by atoms with Crippen molar-refractivity contribution in [3.05, 3.63) is 42.3 Å². The highest BCUT2D eigenvalue weighted by Gasteiger charge is 2.07. The topological polar surface area (TPSA) is 64.6 Å². The van der Waals surface area contributed by atoms with E-state index in [0.717, 1.165) is 5.56 Å². The molecule has 1 rings (SSSR count). The smallest absolute Gasteiger partial charge is 0.407 e. The summed E-state index contributed by atoms with van der Waals surface area (Å²) < 4.78 is 9.80. The highest BCUT2D eigenvalue weighted by atomic mass is 16.5. The number of amides is 1. The highest BCUT2D eigenvalue weighted by molar-refractivity contribution is 5.89. The molecular weight excluding hydrogens is 234 g/mol. The molecule has 5 nitrogen and oxygen atoms in total. The molecule has 0 saturated heterocycles. The number of hydrogen-bond donors (Lipinski definition) is 1. The second-order valence-electron chi connectivity index (χ2n) is 3.42. The average Bonchev–Trinajstić information content (AvgIpc) is 2.37. The molecule has 18 heavy (non-hydrogen) atoms. The number of nitrogens with one attached hydrogen (secondary N) is 1. The van der Waals surface area contributed by atoms with Crippen molar-refractivity contribution in [1.82, 2.24) is 5.32 Å². The first kappa shape index (κ1) is 14.0. The number of hydrogen-bond acceptors (Lipinski definition) is 4. The number of ether oxygens (including phenoxy) is 2. The predicted molar refractivity (Wildman–Crippen MR) is 65.9 cm³/mol. The first-order valence-electron chi connectivity index (χ1n) is 5.63. The minimum absolute atomic E-state index is 0.0963. The maximum Gasteiger partial charge on any atom is 0.407 e. The van der Waals surface area contributed by atoms with Gasteiger partial charge in [0.25, 0.3) is 0 Å². The number of rotatable bonds is 5. The summed E-state index contributed by atoms with van der Waals surface area (Å²) in [6.45, 7) is 5.90. The third-order valence-corrected chi connectivity index (χ3v) is 2.08. The number of alkyl carbamates (subject to hydrolysis) is 1. The number of carbonyl (C=O) groups is 2. The van der Waals surface area contributed by atoms with Gasteiger partial charge in [-0.1, -0.05) is 12.1 Å². The molecule has 1 aromatic carbocycles. The molecule has 1 aromatic rings. The van der Waals surface area contributed by atoms with Gasteiger partial charge in [-0.05, 0) is 31.5 Å². The van der Waals surface area contributed by atoms with Gasteiger partial charge in [-0.3, -0.25) is 0 Å². The zero-order valence-corrected chi connectivity index (χ0v) is 10.3. The van der Waals surface area contributed by atoms with E-state index in [1.807, 2.05) is 0 Å². The molecule has 0 bridgehead atoms. The molecule has 0 saturated carbocycles. The fourth-order valence-electron chi connectivity index (χ4n) is 1.30. The van der Waals surface area contributed by atoms with E-state index >= 15 is 0 Å². The fraction of sp³-hybridized carbons (Fsp3) is 0.308. The molecule has 0 aliphatic rings. The molecule has 0 aromatic heterocycles. The van der Waals surface area contributed by atoms with Crippen LogP contribution in [0.2, 0.25) is 0 Å². The van der Waals surface area contributed by atoms with Crippen LogP contribution >= 0.6 is 0 Å². The van der Waals surface area contributed by atoms with Crippen molar-refractivity contribution < 1.29 is 19.1 Å². The van der Waals surface area contributed by atoms with Gasteiger partial charge >= 0.3 is 12.1 Å². The number of carbonyl (C=O) groups excluding carboxylic acids is 2. The molecule has 97 valence electrons. The van der Waals surface area contributed by atoms with Gasteiger partial charge in [-0.2, -0.15) is 0 Å². The van der Waals surface area contributed by atoms with E-state index < -0.39 is 6.09 Å². The Labute approximate surface area is 106 Å². The molecule has 0 atom stereocenters. The summed E-state index contributed by atoms with van der Waals surface area (Å²) in [6.07, 6.45) is -0.536. The Morgan fingerprint density at radius 3 is 2.78 bits per heavy atom. The largest absolute Gasteiger partial charge is 0.462 e. The summed E-state index contributed by atoms with van der Waals surface area (Å²) in [5, 5.41) is 2.41. The lowest BCUT2D eigenvalue weighted by Crippen LogP contribution is -2.23. The Kier molecular flexibility index (Phi) is 5.70. The van der Waals surface area contributed by atoms with E-state index in [1.165, 1.54) is 0 Å². The molecule has 0 aliphatic carbocycles. The Morgan fingerprint density at radius 2 is 2.11 bits per heavy atom. The predicted octanol–water partition coefficient (Wildman–Crippen LogP) is 1.92. The standard InChI is InChI=1S/C13H16NO4/c1-3-14-13(16)18-9-10-6-5-7-11(8-10)12(15)17-4-2/h5-8H,1,3-4,9H2,2H3,(H,14,16). The van der Waals surface area contributed by atoms with E-state index in [2.05, 4.69) is 12.2 Å². The molecule has 0 unspecified atom stereocenters. The fourth-order valence-corrected chi connectivity index (χ4v) is 1.30. The van der Waals surface area contributed by atoms with Crippen LogP contribution < -0.4 is 5.32 Å². The minimum Gasteiger partial charge on any atom is -0.462 e. The van der Waals surface area contributed by atoms with Crippen LogP contribution in [-0.4, -0.2) is 25.2 Å². The molecule has 0 fully saturated rings. The van der Waals surface area contributed by atoms with Gasteiger partial charge in [0.15, 0.2) is 0 Å². The molecular formula is C13H16NO4. The molecule has 1 radical (unpaired) electrons. The van der Waals surface area contributed by atoms with Crippen molar-refractivity contribution in [1.29, 1.82) is 0 Å². The lowest BCUT2D eigenvalue weighted by atomic mass is 10.1. The zero-order chi connectivity index (χ0) is 13.4. The van der Waals surface area contributed by atoms with Gasteiger partial charge in [-0.15, -0.1) is 0 Å². The number of esters is 1. The van der Waals surface area contributed by atoms with Gasteiger partial charge in [0.1, 0.15) is 6.61 Å². The molecule has 0 aliphatic heterocycles. The van der Waals surface area contributed by atoms with Crippen LogP contribution in [0.4, 0.5) is 4.79 Å². The molecule has 1 N–H and O–H groups in total. The van der Waals surface area contributed by atoms with E-state index in [0.29, 0.717) is 12.2 Å². The summed E-state index contributed by atoms with van der Waals surface area (Å²) >= 11 is 0. The molecule has 0 heterocycles. The van der Waals surface area contributed by atoms with Crippen molar-refractivity contribution >= 4 is 12.1 Å². The van der Waals surface area contributed by atoms with Gasteiger partial charge in [0.2, 0.25) is 0 Å². The Morgan fingerprint density at radius 1 is 1.33 bits per heavy atom. The van der Waals surface area contributed by atoms with Crippen molar-refractivity contribution in [2.45, 2.75) is 13.5 Å². The SMILES string of the molecule is [CH2]CNC(=O)OCc1cccc(C(=O)OCC)c1. The molecule has 5 heteroatoms. The Hall–Kier alpha value is -2.04. The Balaban J connectivity index is 2.59. The lowest BCUT2D eigenvalue weighted by Gasteiger charge is -2.07. The van der Waals surface area contributed by atoms with Gasteiger partial charge in [0, 0.05) is 6.54 Å². The maximum absolute atomic E-state index is 11.5. The van der Waals surface area contributed by atoms with E-state index in [9.17, 15) is 9.59 Å². The summed E-state index contributed by atoms with van der Waals surface area (Å²) in [7, 11) is 0. The molecule has 1 amide bonds. The van der Waals surface area contributed by atoms with Crippen LogP contribution in [0.25, 0.3) is 0 Å². The first-order valence-corrected chi connectivity index (χ1v) is 5.63. The third kappa shape index (κ3) is 4.45. The van der Waals surface area contributed by atoms with Gasteiger partial charge < -0.3 is 14.8 Å². The van der Waals surface area contributed by atoms with Gasteiger partial charge in [0.05, 0.1) is 12.2 Å². The second kappa shape index (κ2) is 7.32. The van der Waals surface area contributed by atoms with Crippen LogP contribution in [0.3, 0.4) is 0 Å². The van der Waals surface area contributed by atoms with Gasteiger partial charge in [-0.25, -0.2) is 9.59 Å². The number of benzene rings is 1. The second-order valence-corrected chi connectivity index (χ2v) is 3.42. The summed E-state index contributed by atoms with van der Waals surface area (Å²) in [5.74, 6) is -0.387. The van der Waals surface area contributed by atoms with Crippen LogP contribution in [0.15, 0.2) is 24.3 Å². The summed E-state index contributed by atoms with van der Waals surface area (Å²) in [4.78, 5) is 22.6. The van der Waals surface area contributed by atoms with E-state index in [-0.39, 0.29) is 19.1 Å². The van der Waals surface area contributed by atoms with Crippen molar-refractivity contribution in [2.24, 2.45) is 0 Å². The maximum atomic E-state index is 11.5. The van der Waals surface area contributed by atoms with Crippen LogP contribution in [0.1, 0.15) is 22.8 Å². The van der Waals surface area contributed by atoms with Crippen LogP contribution in [-0.2, 0) is 16.1 Å². The monoisotopic (exact) mass is 250 g/mol. The van der Waals surface area contributed by atoms with E-state index in [4.69, 9.17) is 9.47 Å². The van der Waals surface area contributed by atoms with Crippen molar-refractivity contribution in [3.8, 4) is 0 Å². The summed E-state index contributed by atoms with van der Waals surface area (Å²) in [6, 6.07) is 6.76. The summed E-state index contributed by atoms with van der Waals surface area (Å²) in [5.41, 5.74) is 1.16. The lowest BCUT2D eigenvalue weighted by molar-refractivity contribution is 0.0526. The highest BCUT2D eigenvalue weighted by Crippen LogP contribution is 2.08. The van der Waals surface area contributed by atoms with Crippen molar-refractivity contribution in [3.63, 3.8) is 0 Å². The minimum atomic E-state index is -0.536. The normalized spacial score (nSPS) is 9.67. The first-order chi connectivity index (χ1) is 8.67. The average molecular weight is 250 g/mol. The molecule has 0 spiro atoms. The van der Waals surface area contributed by atoms with Crippen LogP contribution in [0.5, 0.6) is 0 Å². The quantitative estimate of drug-likeness (QED) is 0.811.